The van der Waals surface area contributed by atoms with Gasteiger partial charge in [-0.25, -0.2) is 0 Å². The molecule has 0 aromatic rings. The van der Waals surface area contributed by atoms with Crippen molar-refractivity contribution in [2.24, 2.45) is 11.8 Å². The van der Waals surface area contributed by atoms with Gasteiger partial charge in [0.25, 0.3) is 0 Å². The van der Waals surface area contributed by atoms with E-state index in [1.54, 1.807) is 0 Å². The third-order valence-electron chi connectivity index (χ3n) is 10.6. The van der Waals surface area contributed by atoms with Crippen LogP contribution >= 0.6 is 31.9 Å². The summed E-state index contributed by atoms with van der Waals surface area (Å²) in [5, 5.41) is 2.36. The Morgan fingerprint density at radius 1 is 0.326 bits per heavy atom. The fraction of sp³-hybridized carbons (Fsp3) is 1.00. The maximum Gasteiger partial charge on any atom is 0.00313 e. The Bertz CT molecular complexity index is 560. The average Bonchev–Trinajstić information content (AvgIpc) is 3.05. The van der Waals surface area contributed by atoms with Crippen LogP contribution in [0.4, 0.5) is 0 Å². The zero-order chi connectivity index (χ0) is 33.8. The fourth-order valence-corrected chi connectivity index (χ4v) is 8.16. The molecular weight excluding hydrogens is 692 g/mol. The molecule has 4 heteroatoms. The van der Waals surface area contributed by atoms with Crippen LogP contribution in [0, 0.1) is 11.8 Å². The van der Waals surface area contributed by atoms with E-state index in [9.17, 15) is 0 Å². The van der Waals surface area contributed by atoms with E-state index in [1.165, 1.54) is 229 Å². The lowest BCUT2D eigenvalue weighted by Crippen LogP contribution is -2.23. The molecule has 0 aliphatic carbocycles. The monoisotopic (exact) mass is 777 g/mol. The first-order valence-electron chi connectivity index (χ1n) is 21.1. The second kappa shape index (κ2) is 38.7. The molecule has 0 amide bonds. The van der Waals surface area contributed by atoms with Crippen molar-refractivity contribution in [3.8, 4) is 0 Å². The van der Waals surface area contributed by atoms with Crippen molar-refractivity contribution in [1.82, 2.24) is 9.80 Å². The molecule has 0 aromatic heterocycles. The first-order chi connectivity index (χ1) is 22.6. The van der Waals surface area contributed by atoms with Crippen molar-refractivity contribution >= 4 is 31.9 Å². The van der Waals surface area contributed by atoms with Gasteiger partial charge in [-0.05, 0) is 90.6 Å². The van der Waals surface area contributed by atoms with Crippen molar-refractivity contribution in [2.75, 3.05) is 50.9 Å². The molecule has 0 aromatic carbocycles. The van der Waals surface area contributed by atoms with Crippen LogP contribution in [0.15, 0.2) is 0 Å². The molecule has 0 bridgehead atoms. The maximum atomic E-state index is 3.54. The predicted octanol–water partition coefficient (Wildman–Crippen LogP) is 14.6. The van der Waals surface area contributed by atoms with Crippen LogP contribution in [0.2, 0.25) is 0 Å². The molecule has 0 fully saturated rings. The minimum Gasteiger partial charge on any atom is -0.306 e. The Morgan fingerprint density at radius 2 is 0.609 bits per heavy atom. The third kappa shape index (κ3) is 34.7. The van der Waals surface area contributed by atoms with Crippen LogP contribution in [-0.4, -0.2) is 60.7 Å². The quantitative estimate of drug-likeness (QED) is 0.0453. The molecule has 0 radical (unpaired) electrons. The first kappa shape index (κ1) is 46.9. The highest BCUT2D eigenvalue weighted by atomic mass is 79.9. The van der Waals surface area contributed by atoms with Crippen LogP contribution in [-0.2, 0) is 0 Å². The Labute approximate surface area is 309 Å². The summed E-state index contributed by atoms with van der Waals surface area (Å²) in [4.78, 5) is 5.27. The molecule has 0 aliphatic heterocycles. The molecule has 278 valence electrons. The number of alkyl halides is 2. The number of hydrogen-bond acceptors (Lipinski definition) is 2. The Kier molecular flexibility index (Phi) is 39.4. The molecule has 2 atom stereocenters. The normalized spacial score (nSPS) is 13.3. The van der Waals surface area contributed by atoms with Crippen LogP contribution < -0.4 is 0 Å². The molecule has 0 saturated carbocycles. The van der Waals surface area contributed by atoms with Gasteiger partial charge in [0.05, 0.1) is 0 Å². The van der Waals surface area contributed by atoms with Crippen LogP contribution in [0.1, 0.15) is 206 Å². The number of nitrogens with zero attached hydrogens (tertiary/aromatic N) is 2. The maximum absolute atomic E-state index is 3.54. The lowest BCUT2D eigenvalue weighted by Gasteiger charge is -2.24. The topological polar surface area (TPSA) is 6.48 Å². The lowest BCUT2D eigenvalue weighted by atomic mass is 9.88. The van der Waals surface area contributed by atoms with Gasteiger partial charge in [0.1, 0.15) is 0 Å². The fourth-order valence-electron chi connectivity index (χ4n) is 7.36. The van der Waals surface area contributed by atoms with Crippen molar-refractivity contribution in [1.29, 1.82) is 0 Å². The van der Waals surface area contributed by atoms with Gasteiger partial charge in [-0.15, -0.1) is 0 Å². The van der Waals surface area contributed by atoms with E-state index < -0.39 is 0 Å². The highest BCUT2D eigenvalue weighted by Crippen LogP contribution is 2.25. The van der Waals surface area contributed by atoms with E-state index in [-0.39, 0.29) is 0 Å². The summed E-state index contributed by atoms with van der Waals surface area (Å²) in [6.07, 6.45) is 42.8. The smallest absolute Gasteiger partial charge is 0.00313 e. The van der Waals surface area contributed by atoms with Crippen molar-refractivity contribution in [3.05, 3.63) is 0 Å². The van der Waals surface area contributed by atoms with Crippen LogP contribution in [0.3, 0.4) is 0 Å². The van der Waals surface area contributed by atoms with Crippen molar-refractivity contribution in [3.63, 3.8) is 0 Å². The van der Waals surface area contributed by atoms with Gasteiger partial charge >= 0.3 is 0 Å². The van der Waals surface area contributed by atoms with Gasteiger partial charge < -0.3 is 9.80 Å². The van der Waals surface area contributed by atoms with E-state index in [0.717, 1.165) is 11.8 Å². The van der Waals surface area contributed by atoms with E-state index in [2.05, 4.69) is 69.6 Å². The van der Waals surface area contributed by atoms with Gasteiger partial charge in [0.15, 0.2) is 0 Å². The molecule has 2 nitrogen and oxygen atoms in total. The molecule has 0 N–H and O–H groups in total. The van der Waals surface area contributed by atoms with Crippen molar-refractivity contribution < 1.29 is 0 Å². The molecule has 2 unspecified atom stereocenters. The average molecular weight is 779 g/mol. The first-order valence-corrected chi connectivity index (χ1v) is 23.3. The highest BCUT2D eigenvalue weighted by Gasteiger charge is 2.13. The second-order valence-electron chi connectivity index (χ2n) is 15.2. The van der Waals surface area contributed by atoms with E-state index in [0.29, 0.717) is 0 Å². The van der Waals surface area contributed by atoms with Crippen LogP contribution in [0.5, 0.6) is 0 Å². The van der Waals surface area contributed by atoms with Crippen LogP contribution in [0.25, 0.3) is 0 Å². The van der Waals surface area contributed by atoms with Gasteiger partial charge in [-0.1, -0.05) is 200 Å². The summed E-state index contributed by atoms with van der Waals surface area (Å²) >= 11 is 7.08. The number of hydrogen-bond donors (Lipinski definition) is 0. The minimum absolute atomic E-state index is 0.941. The molecular formula is C42H86Br2N2. The summed E-state index contributed by atoms with van der Waals surface area (Å²) in [6, 6.07) is 0. The summed E-state index contributed by atoms with van der Waals surface area (Å²) in [7, 11) is 4.75. The summed E-state index contributed by atoms with van der Waals surface area (Å²) in [6.45, 7) is 10.0. The summed E-state index contributed by atoms with van der Waals surface area (Å²) < 4.78 is 0. The largest absolute Gasteiger partial charge is 0.306 e. The zero-order valence-corrected chi connectivity index (χ0v) is 35.4. The SMILES string of the molecule is CCCC(CCCC(CCC)CCN(C)CCCCCCCCCCCCCBr)CCN(C)CCCCCCCCCCCCBr. The van der Waals surface area contributed by atoms with Crippen molar-refractivity contribution in [2.45, 2.75) is 206 Å². The third-order valence-corrected chi connectivity index (χ3v) is 11.7. The molecule has 0 saturated heterocycles. The molecule has 0 aliphatic rings. The van der Waals surface area contributed by atoms with Gasteiger partial charge in [-0.2, -0.15) is 0 Å². The molecule has 0 spiro atoms. The number of halogens is 2. The van der Waals surface area contributed by atoms with E-state index in [4.69, 9.17) is 0 Å². The molecule has 0 rings (SSSR count). The minimum atomic E-state index is 0.941. The Balaban J connectivity index is 3.91. The summed E-state index contributed by atoms with van der Waals surface area (Å²) in [5.41, 5.74) is 0. The van der Waals surface area contributed by atoms with E-state index in [1.807, 2.05) is 0 Å². The van der Waals surface area contributed by atoms with E-state index >= 15 is 0 Å². The lowest BCUT2D eigenvalue weighted by molar-refractivity contribution is 0.260. The molecule has 46 heavy (non-hydrogen) atoms. The Hall–Kier alpha value is 0.880. The second-order valence-corrected chi connectivity index (χ2v) is 16.8. The molecule has 0 heterocycles. The standard InChI is InChI=1S/C42H86Br2N2/c1-5-29-41(33-39-45(3)37-26-22-18-14-10-7-8-12-16-20-24-35-43)31-28-32-42(30-6-2)34-40-46(4)38-27-23-19-15-11-9-13-17-21-25-36-44/h41-42H,5-40H2,1-4H3. The van der Waals surface area contributed by atoms with Gasteiger partial charge in [0.2, 0.25) is 0 Å². The Morgan fingerprint density at radius 3 is 0.891 bits per heavy atom. The van der Waals surface area contributed by atoms with Gasteiger partial charge in [-0.3, -0.25) is 0 Å². The zero-order valence-electron chi connectivity index (χ0n) is 32.3. The van der Waals surface area contributed by atoms with Gasteiger partial charge in [0, 0.05) is 10.7 Å². The summed E-state index contributed by atoms with van der Waals surface area (Å²) in [5.74, 6) is 1.88. The highest BCUT2D eigenvalue weighted by molar-refractivity contribution is 9.09. The predicted molar refractivity (Wildman–Crippen MR) is 219 cm³/mol. The number of rotatable bonds is 39. The number of unbranched alkanes of at least 4 members (excludes halogenated alkanes) is 19.